The second-order valence-electron chi connectivity index (χ2n) is 4.03. The van der Waals surface area contributed by atoms with Crippen LogP contribution in [0.2, 0.25) is 0 Å². The van der Waals surface area contributed by atoms with E-state index in [0.29, 0.717) is 11.1 Å². The van der Waals surface area contributed by atoms with Crippen LogP contribution in [0.15, 0.2) is 36.4 Å². The number of hydrogen-bond acceptors (Lipinski definition) is 4. The van der Waals surface area contributed by atoms with E-state index in [4.69, 9.17) is 0 Å². The predicted molar refractivity (Wildman–Crippen MR) is 66.0 cm³/mol. The van der Waals surface area contributed by atoms with Gasteiger partial charge in [0.25, 0.3) is 0 Å². The highest BCUT2D eigenvalue weighted by atomic mass is 16.3. The van der Waals surface area contributed by atoms with Crippen LogP contribution in [0.4, 0.5) is 0 Å². The summed E-state index contributed by atoms with van der Waals surface area (Å²) in [6, 6.07) is 8.42. The summed E-state index contributed by atoms with van der Waals surface area (Å²) >= 11 is 0. The summed E-state index contributed by atoms with van der Waals surface area (Å²) in [4.78, 5) is 12.1. The number of carbonyl (C=O) groups is 1. The quantitative estimate of drug-likeness (QED) is 0.559. The molecule has 3 N–H and O–H groups in total. The average Bonchev–Trinajstić information content (AvgIpc) is 2.35. The molecule has 0 aliphatic carbocycles. The molecule has 0 unspecified atom stereocenters. The maximum absolute atomic E-state index is 12.1. The van der Waals surface area contributed by atoms with Gasteiger partial charge in [0.05, 0.1) is 0 Å². The van der Waals surface area contributed by atoms with Crippen LogP contribution < -0.4 is 0 Å². The van der Waals surface area contributed by atoms with E-state index in [0.717, 1.165) is 0 Å². The van der Waals surface area contributed by atoms with Crippen LogP contribution in [0, 0.1) is 6.92 Å². The molecule has 2 aromatic carbocycles. The molecule has 92 valence electrons. The Morgan fingerprint density at radius 1 is 0.833 bits per heavy atom. The van der Waals surface area contributed by atoms with Crippen molar-refractivity contribution in [2.45, 2.75) is 6.92 Å². The number of hydrogen-bond donors (Lipinski definition) is 3. The SMILES string of the molecule is Cc1cc(C(=O)c2ccc(O)c(O)c2)ccc1O. The Kier molecular flexibility index (Phi) is 2.93. The minimum atomic E-state index is -0.337. The number of carbonyl (C=O) groups excluding carboxylic acids is 1. The second kappa shape index (κ2) is 4.41. The van der Waals surface area contributed by atoms with E-state index in [-0.39, 0.29) is 28.6 Å². The second-order valence-corrected chi connectivity index (χ2v) is 4.03. The monoisotopic (exact) mass is 244 g/mol. The summed E-state index contributed by atoms with van der Waals surface area (Å²) in [6.45, 7) is 1.69. The fourth-order valence-electron chi connectivity index (χ4n) is 1.63. The third-order valence-corrected chi connectivity index (χ3v) is 2.70. The molecule has 0 saturated carbocycles. The molecular weight excluding hydrogens is 232 g/mol. The van der Waals surface area contributed by atoms with Gasteiger partial charge in [0.1, 0.15) is 5.75 Å². The van der Waals surface area contributed by atoms with Gasteiger partial charge in [0.15, 0.2) is 17.3 Å². The van der Waals surface area contributed by atoms with Crippen LogP contribution >= 0.6 is 0 Å². The molecule has 0 amide bonds. The van der Waals surface area contributed by atoms with E-state index < -0.39 is 0 Å². The van der Waals surface area contributed by atoms with Crippen molar-refractivity contribution >= 4 is 5.78 Å². The first-order chi connectivity index (χ1) is 8.49. The number of ketones is 1. The van der Waals surface area contributed by atoms with Crippen molar-refractivity contribution in [1.82, 2.24) is 0 Å². The number of aryl methyl sites for hydroxylation is 1. The molecule has 4 heteroatoms. The molecule has 0 aliphatic heterocycles. The van der Waals surface area contributed by atoms with E-state index in [9.17, 15) is 20.1 Å². The summed E-state index contributed by atoms with van der Waals surface area (Å²) in [5.41, 5.74) is 1.29. The molecule has 0 heterocycles. The lowest BCUT2D eigenvalue weighted by molar-refractivity contribution is 0.103. The molecular formula is C14H12O4. The minimum absolute atomic E-state index is 0.125. The summed E-state index contributed by atoms with van der Waals surface area (Å²) in [7, 11) is 0. The van der Waals surface area contributed by atoms with Crippen molar-refractivity contribution in [3.8, 4) is 17.2 Å². The van der Waals surface area contributed by atoms with Crippen LogP contribution in [0.1, 0.15) is 21.5 Å². The maximum atomic E-state index is 12.1. The van der Waals surface area contributed by atoms with Gasteiger partial charge in [-0.25, -0.2) is 0 Å². The van der Waals surface area contributed by atoms with E-state index in [1.165, 1.54) is 30.3 Å². The topological polar surface area (TPSA) is 77.8 Å². The van der Waals surface area contributed by atoms with Gasteiger partial charge in [0, 0.05) is 11.1 Å². The zero-order valence-electron chi connectivity index (χ0n) is 9.71. The summed E-state index contributed by atoms with van der Waals surface area (Å²) in [5, 5.41) is 27.9. The van der Waals surface area contributed by atoms with E-state index in [1.54, 1.807) is 13.0 Å². The smallest absolute Gasteiger partial charge is 0.193 e. The number of aromatic hydroxyl groups is 3. The minimum Gasteiger partial charge on any atom is -0.508 e. The fourth-order valence-corrected chi connectivity index (χ4v) is 1.63. The van der Waals surface area contributed by atoms with Crippen LogP contribution in [-0.2, 0) is 0 Å². The molecule has 0 bridgehead atoms. The van der Waals surface area contributed by atoms with Gasteiger partial charge in [-0.05, 0) is 48.9 Å². The highest BCUT2D eigenvalue weighted by Crippen LogP contribution is 2.26. The Hall–Kier alpha value is -2.49. The van der Waals surface area contributed by atoms with Gasteiger partial charge in [0.2, 0.25) is 0 Å². The molecule has 18 heavy (non-hydrogen) atoms. The first-order valence-electron chi connectivity index (χ1n) is 5.35. The van der Waals surface area contributed by atoms with Crippen molar-refractivity contribution < 1.29 is 20.1 Å². The zero-order chi connectivity index (χ0) is 13.3. The molecule has 4 nitrogen and oxygen atoms in total. The van der Waals surface area contributed by atoms with Crippen molar-refractivity contribution in [2.24, 2.45) is 0 Å². The standard InChI is InChI=1S/C14H12O4/c1-8-6-9(2-4-11(8)15)14(18)10-3-5-12(16)13(17)7-10/h2-7,15-17H,1H3. The largest absolute Gasteiger partial charge is 0.508 e. The van der Waals surface area contributed by atoms with Gasteiger partial charge in [-0.2, -0.15) is 0 Å². The lowest BCUT2D eigenvalue weighted by Gasteiger charge is -2.05. The third kappa shape index (κ3) is 2.13. The van der Waals surface area contributed by atoms with Crippen LogP contribution in [0.5, 0.6) is 17.2 Å². The Bertz CT molecular complexity index is 564. The van der Waals surface area contributed by atoms with Gasteiger partial charge in [-0.3, -0.25) is 4.79 Å². The Balaban J connectivity index is 2.41. The summed E-state index contributed by atoms with van der Waals surface area (Å²) in [6.07, 6.45) is 0. The third-order valence-electron chi connectivity index (χ3n) is 2.70. The summed E-state index contributed by atoms with van der Waals surface area (Å²) in [5.74, 6) is -0.765. The molecule has 0 aromatic heterocycles. The normalized spacial score (nSPS) is 10.3. The molecule has 0 fully saturated rings. The highest BCUT2D eigenvalue weighted by molar-refractivity contribution is 6.09. The molecule has 0 spiro atoms. The van der Waals surface area contributed by atoms with Crippen molar-refractivity contribution in [3.63, 3.8) is 0 Å². The first-order valence-corrected chi connectivity index (χ1v) is 5.35. The molecule has 0 saturated heterocycles. The van der Waals surface area contributed by atoms with Gasteiger partial charge < -0.3 is 15.3 Å². The summed E-state index contributed by atoms with van der Waals surface area (Å²) < 4.78 is 0. The van der Waals surface area contributed by atoms with Gasteiger partial charge >= 0.3 is 0 Å². The van der Waals surface area contributed by atoms with E-state index in [1.807, 2.05) is 0 Å². The number of benzene rings is 2. The van der Waals surface area contributed by atoms with Gasteiger partial charge in [-0.1, -0.05) is 0 Å². The zero-order valence-corrected chi connectivity index (χ0v) is 9.71. The van der Waals surface area contributed by atoms with Gasteiger partial charge in [-0.15, -0.1) is 0 Å². The maximum Gasteiger partial charge on any atom is 0.193 e. The fraction of sp³-hybridized carbons (Fsp3) is 0.0714. The van der Waals surface area contributed by atoms with Crippen molar-refractivity contribution in [3.05, 3.63) is 53.1 Å². The Labute approximate surface area is 104 Å². The lowest BCUT2D eigenvalue weighted by atomic mass is 10.0. The molecule has 0 atom stereocenters. The highest BCUT2D eigenvalue weighted by Gasteiger charge is 2.12. The molecule has 0 aliphatic rings. The van der Waals surface area contributed by atoms with Crippen molar-refractivity contribution in [1.29, 1.82) is 0 Å². The molecule has 2 rings (SSSR count). The number of phenols is 3. The lowest BCUT2D eigenvalue weighted by Crippen LogP contribution is -2.01. The van der Waals surface area contributed by atoms with Crippen LogP contribution in [-0.4, -0.2) is 21.1 Å². The molecule has 2 aromatic rings. The Morgan fingerprint density at radius 3 is 1.94 bits per heavy atom. The number of phenolic OH excluding ortho intramolecular Hbond substituents is 3. The van der Waals surface area contributed by atoms with Crippen LogP contribution in [0.25, 0.3) is 0 Å². The Morgan fingerprint density at radius 2 is 1.39 bits per heavy atom. The van der Waals surface area contributed by atoms with E-state index in [2.05, 4.69) is 0 Å². The molecule has 0 radical (unpaired) electrons. The number of rotatable bonds is 2. The predicted octanol–water partition coefficient (Wildman–Crippen LogP) is 2.34. The first kappa shape index (κ1) is 12.0. The van der Waals surface area contributed by atoms with Crippen molar-refractivity contribution in [2.75, 3.05) is 0 Å². The van der Waals surface area contributed by atoms with E-state index >= 15 is 0 Å². The van der Waals surface area contributed by atoms with Crippen LogP contribution in [0.3, 0.4) is 0 Å². The average molecular weight is 244 g/mol.